The molecule has 16 heavy (non-hydrogen) atoms. The maximum absolute atomic E-state index is 5.44. The molecule has 3 rings (SSSR count). The molecule has 0 amide bonds. The van der Waals surface area contributed by atoms with Crippen molar-refractivity contribution >= 4 is 5.69 Å². The van der Waals surface area contributed by atoms with E-state index in [4.69, 9.17) is 4.74 Å². The Morgan fingerprint density at radius 2 is 2.19 bits per heavy atom. The zero-order valence-corrected chi connectivity index (χ0v) is 9.65. The second kappa shape index (κ2) is 3.98. The summed E-state index contributed by atoms with van der Waals surface area (Å²) in [5.41, 5.74) is 1.25. The molecule has 0 saturated carbocycles. The van der Waals surface area contributed by atoms with Gasteiger partial charge in [-0.15, -0.1) is 0 Å². The lowest BCUT2D eigenvalue weighted by atomic mass is 10.0. The van der Waals surface area contributed by atoms with Crippen molar-refractivity contribution < 1.29 is 4.74 Å². The molecule has 2 heterocycles. The molecule has 2 saturated heterocycles. The van der Waals surface area contributed by atoms with Crippen LogP contribution in [-0.4, -0.2) is 32.8 Å². The monoisotopic (exact) mass is 218 g/mol. The molecule has 2 atom stereocenters. The van der Waals surface area contributed by atoms with Crippen LogP contribution in [-0.2, 0) is 0 Å². The summed E-state index contributed by atoms with van der Waals surface area (Å²) in [5, 5.41) is 3.50. The summed E-state index contributed by atoms with van der Waals surface area (Å²) in [7, 11) is 1.75. The first-order valence-corrected chi connectivity index (χ1v) is 5.99. The molecular weight excluding hydrogens is 200 g/mol. The maximum atomic E-state index is 5.44. The summed E-state index contributed by atoms with van der Waals surface area (Å²) in [4.78, 5) is 2.50. The predicted octanol–water partition coefficient (Wildman–Crippen LogP) is 1.49. The first-order chi connectivity index (χ1) is 7.88. The van der Waals surface area contributed by atoms with Crippen LogP contribution >= 0.6 is 0 Å². The van der Waals surface area contributed by atoms with Gasteiger partial charge < -0.3 is 15.0 Å². The molecular formula is C13H18N2O. The van der Waals surface area contributed by atoms with Gasteiger partial charge in [-0.2, -0.15) is 0 Å². The fraction of sp³-hybridized carbons (Fsp3) is 0.538. The molecule has 0 aliphatic carbocycles. The minimum absolute atomic E-state index is 0.648. The van der Waals surface area contributed by atoms with Crippen molar-refractivity contribution in [1.29, 1.82) is 0 Å². The van der Waals surface area contributed by atoms with Crippen LogP contribution < -0.4 is 15.0 Å². The third kappa shape index (κ3) is 1.55. The van der Waals surface area contributed by atoms with Gasteiger partial charge >= 0.3 is 0 Å². The van der Waals surface area contributed by atoms with Gasteiger partial charge in [-0.25, -0.2) is 0 Å². The number of methoxy groups -OCH3 is 1. The fourth-order valence-corrected chi connectivity index (χ4v) is 2.97. The molecule has 1 N–H and O–H groups in total. The number of anilines is 1. The van der Waals surface area contributed by atoms with Crippen LogP contribution in [0.4, 0.5) is 5.69 Å². The summed E-state index contributed by atoms with van der Waals surface area (Å²) < 4.78 is 5.44. The van der Waals surface area contributed by atoms with E-state index in [1.807, 2.05) is 12.1 Å². The normalized spacial score (nSPS) is 28.2. The molecule has 3 nitrogen and oxygen atoms in total. The lowest BCUT2D eigenvalue weighted by Gasteiger charge is -2.28. The quantitative estimate of drug-likeness (QED) is 0.814. The minimum atomic E-state index is 0.648. The van der Waals surface area contributed by atoms with Crippen molar-refractivity contribution in [2.45, 2.75) is 12.5 Å². The number of hydrogen-bond acceptors (Lipinski definition) is 3. The van der Waals surface area contributed by atoms with Crippen LogP contribution in [0.25, 0.3) is 0 Å². The highest BCUT2D eigenvalue weighted by Gasteiger charge is 2.35. The summed E-state index contributed by atoms with van der Waals surface area (Å²) in [6.07, 6.45) is 1.32. The smallest absolute Gasteiger partial charge is 0.142 e. The van der Waals surface area contributed by atoms with Gasteiger partial charge in [0.15, 0.2) is 0 Å². The summed E-state index contributed by atoms with van der Waals surface area (Å²) in [5.74, 6) is 1.80. The van der Waals surface area contributed by atoms with Crippen LogP contribution in [0.2, 0.25) is 0 Å². The minimum Gasteiger partial charge on any atom is -0.495 e. The Morgan fingerprint density at radius 3 is 3.00 bits per heavy atom. The number of rotatable bonds is 2. The largest absolute Gasteiger partial charge is 0.495 e. The van der Waals surface area contributed by atoms with Crippen LogP contribution in [0, 0.1) is 5.92 Å². The summed E-state index contributed by atoms with van der Waals surface area (Å²) in [6.45, 7) is 3.44. The van der Waals surface area contributed by atoms with E-state index in [-0.39, 0.29) is 0 Å². The predicted molar refractivity (Wildman–Crippen MR) is 65.1 cm³/mol. The number of fused-ring (bicyclic) bond motifs is 2. The maximum Gasteiger partial charge on any atom is 0.142 e. The topological polar surface area (TPSA) is 24.5 Å². The first-order valence-electron chi connectivity index (χ1n) is 5.99. The number of piperidine rings is 1. The molecule has 1 aromatic carbocycles. The van der Waals surface area contributed by atoms with Crippen molar-refractivity contribution in [2.75, 3.05) is 31.6 Å². The van der Waals surface area contributed by atoms with E-state index in [0.717, 1.165) is 24.8 Å². The van der Waals surface area contributed by atoms with Gasteiger partial charge in [-0.1, -0.05) is 12.1 Å². The Labute approximate surface area is 96.4 Å². The average Bonchev–Trinajstić information content (AvgIpc) is 2.64. The molecule has 2 fully saturated rings. The fourth-order valence-electron chi connectivity index (χ4n) is 2.97. The van der Waals surface area contributed by atoms with E-state index < -0.39 is 0 Å². The van der Waals surface area contributed by atoms with Crippen LogP contribution in [0.1, 0.15) is 6.42 Å². The highest BCUT2D eigenvalue weighted by molar-refractivity contribution is 5.60. The second-order valence-electron chi connectivity index (χ2n) is 4.74. The van der Waals surface area contributed by atoms with Crippen LogP contribution in [0.5, 0.6) is 5.75 Å². The van der Waals surface area contributed by atoms with Crippen molar-refractivity contribution in [2.24, 2.45) is 5.92 Å². The number of para-hydroxylation sites is 2. The molecule has 0 aromatic heterocycles. The Morgan fingerprint density at radius 1 is 1.31 bits per heavy atom. The van der Waals surface area contributed by atoms with Gasteiger partial charge in [0.2, 0.25) is 0 Å². The van der Waals surface area contributed by atoms with E-state index in [0.29, 0.717) is 6.04 Å². The molecule has 3 heteroatoms. The molecule has 2 unspecified atom stereocenters. The van der Waals surface area contributed by atoms with E-state index in [2.05, 4.69) is 22.3 Å². The second-order valence-corrected chi connectivity index (χ2v) is 4.74. The number of hydrogen-bond donors (Lipinski definition) is 1. The molecule has 0 radical (unpaired) electrons. The van der Waals surface area contributed by atoms with Gasteiger partial charge in [0, 0.05) is 19.1 Å². The SMILES string of the molecule is COc1ccccc1N1CC2CNCC1C2. The molecule has 2 aliphatic heterocycles. The number of nitrogens with one attached hydrogen (secondary N) is 1. The third-order valence-corrected chi connectivity index (χ3v) is 3.71. The summed E-state index contributed by atoms with van der Waals surface area (Å²) in [6, 6.07) is 8.98. The van der Waals surface area contributed by atoms with Crippen molar-refractivity contribution in [3.63, 3.8) is 0 Å². The van der Waals surface area contributed by atoms with Crippen LogP contribution in [0.3, 0.4) is 0 Å². The molecule has 0 spiro atoms. The van der Waals surface area contributed by atoms with Gasteiger partial charge in [-0.3, -0.25) is 0 Å². The van der Waals surface area contributed by atoms with Crippen LogP contribution in [0.15, 0.2) is 24.3 Å². The number of nitrogens with zero attached hydrogens (tertiary/aromatic N) is 1. The Bertz CT molecular complexity index is 380. The lowest BCUT2D eigenvalue weighted by molar-refractivity contribution is 0.412. The van der Waals surface area contributed by atoms with Gasteiger partial charge in [0.25, 0.3) is 0 Å². The van der Waals surface area contributed by atoms with E-state index in [1.165, 1.54) is 18.7 Å². The highest BCUT2D eigenvalue weighted by atomic mass is 16.5. The third-order valence-electron chi connectivity index (χ3n) is 3.71. The highest BCUT2D eigenvalue weighted by Crippen LogP contribution is 2.36. The van der Waals surface area contributed by atoms with Crippen molar-refractivity contribution in [3.05, 3.63) is 24.3 Å². The molecule has 2 aliphatic rings. The van der Waals surface area contributed by atoms with E-state index in [1.54, 1.807) is 7.11 Å². The van der Waals surface area contributed by atoms with E-state index >= 15 is 0 Å². The van der Waals surface area contributed by atoms with Crippen molar-refractivity contribution in [1.82, 2.24) is 5.32 Å². The zero-order chi connectivity index (χ0) is 11.0. The average molecular weight is 218 g/mol. The first kappa shape index (κ1) is 9.97. The van der Waals surface area contributed by atoms with Gasteiger partial charge in [0.05, 0.1) is 12.8 Å². The summed E-state index contributed by atoms with van der Waals surface area (Å²) >= 11 is 0. The van der Waals surface area contributed by atoms with Crippen molar-refractivity contribution in [3.8, 4) is 5.75 Å². The Balaban J connectivity index is 1.91. The zero-order valence-electron chi connectivity index (χ0n) is 9.65. The molecule has 2 bridgehead atoms. The molecule has 1 aromatic rings. The lowest BCUT2D eigenvalue weighted by Crippen LogP contribution is -2.39. The van der Waals surface area contributed by atoms with Gasteiger partial charge in [0.1, 0.15) is 5.75 Å². The number of benzene rings is 1. The van der Waals surface area contributed by atoms with E-state index in [9.17, 15) is 0 Å². The Kier molecular flexibility index (Phi) is 2.48. The standard InChI is InChI=1S/C13H18N2O/c1-16-13-5-3-2-4-12(13)15-9-10-6-11(15)8-14-7-10/h2-5,10-11,14H,6-9H2,1H3. The van der Waals surface area contributed by atoms with Gasteiger partial charge in [-0.05, 0) is 31.0 Å². The molecule has 86 valence electrons. The Hall–Kier alpha value is -1.22. The number of ether oxygens (including phenoxy) is 1.